The molecule has 8 fully saturated rings. The zero-order valence-corrected chi connectivity index (χ0v) is 86.1. The summed E-state index contributed by atoms with van der Waals surface area (Å²) < 4.78 is 6.91. The lowest BCUT2D eigenvalue weighted by molar-refractivity contribution is -0.119. The first-order valence-corrected chi connectivity index (χ1v) is 51.7. The third-order valence-electron chi connectivity index (χ3n) is 29.3. The molecule has 20 rings (SSSR count). The van der Waals surface area contributed by atoms with Gasteiger partial charge in [0.15, 0.2) is 45.4 Å². The first-order chi connectivity index (χ1) is 68.6. The number of aliphatic hydroxyl groups excluding tert-OH is 2. The lowest BCUT2D eigenvalue weighted by Gasteiger charge is -2.47. The smallest absolute Gasteiger partial charge is 0.216 e. The van der Waals surface area contributed by atoms with Gasteiger partial charge in [-0.15, -0.1) is 0 Å². The number of hydrogen-bond donors (Lipinski definition) is 4. The Hall–Kier alpha value is -10.7. The molecule has 142 heavy (non-hydrogen) atoms. The van der Waals surface area contributed by atoms with E-state index in [4.69, 9.17) is 123 Å². The Balaban J connectivity index is 0.000000130. The van der Waals surface area contributed by atoms with Crippen molar-refractivity contribution in [3.8, 4) is 24.3 Å². The van der Waals surface area contributed by atoms with Crippen LogP contribution >= 0.6 is 92.8 Å². The molecule has 0 spiro atoms. The number of hydrogen-bond acceptors (Lipinski definition) is 28. The van der Waals surface area contributed by atoms with Gasteiger partial charge in [-0.05, 0) is 223 Å². The third-order valence-corrected chi connectivity index (χ3v) is 31.5. The molecule has 744 valence electrons. The molecule has 16 heterocycles. The van der Waals surface area contributed by atoms with Crippen LogP contribution < -0.4 is 30.2 Å². The summed E-state index contributed by atoms with van der Waals surface area (Å²) in [5.41, 5.74) is 8.64. The second-order valence-electron chi connectivity index (χ2n) is 38.5. The third kappa shape index (κ3) is 23.1. The molecule has 4 N–H and O–H groups in total. The van der Waals surface area contributed by atoms with E-state index in [0.717, 1.165) is 189 Å². The number of rotatable bonds is 28. The molecule has 0 unspecified atom stereocenters. The van der Waals surface area contributed by atoms with Gasteiger partial charge < -0.3 is 60.0 Å². The summed E-state index contributed by atoms with van der Waals surface area (Å²) in [6.07, 6.45) is 15.9. The molecule has 12 aromatic rings. The number of halogens is 8. The van der Waals surface area contributed by atoms with Gasteiger partial charge in [-0.2, -0.15) is 41.4 Å². The van der Waals surface area contributed by atoms with Crippen LogP contribution in [0, 0.1) is 92.7 Å². The highest BCUT2D eigenvalue weighted by molar-refractivity contribution is 6.37. The van der Waals surface area contributed by atoms with E-state index in [1.54, 1.807) is 106 Å². The molecule has 34 nitrogen and oxygen atoms in total. The summed E-state index contributed by atoms with van der Waals surface area (Å²) in [6.45, 7) is 33.0. The van der Waals surface area contributed by atoms with Crippen LogP contribution in [0.2, 0.25) is 40.2 Å². The number of carbonyl (C=O) groups is 2. The van der Waals surface area contributed by atoms with Crippen LogP contribution in [0.15, 0.2) is 97.6 Å². The second-order valence-corrected chi connectivity index (χ2v) is 41.8. The van der Waals surface area contributed by atoms with Gasteiger partial charge in [0, 0.05) is 185 Å². The highest BCUT2D eigenvalue weighted by Crippen LogP contribution is 2.43. The Bertz CT molecular complexity index is 6350. The number of nitrogens with zero attached hydrogens (tertiary/aromatic N) is 28. The quantitative estimate of drug-likeness (QED) is 0.0354. The minimum atomic E-state index is -0.256. The average molecular weight is 2080 g/mol. The number of benzene rings is 4. The maximum atomic E-state index is 11.2. The molecule has 2 amide bonds. The summed E-state index contributed by atoms with van der Waals surface area (Å²) in [5, 5.41) is 84.8. The highest BCUT2D eigenvalue weighted by Gasteiger charge is 2.43. The maximum Gasteiger partial charge on any atom is 0.216 e. The number of nitrogens with one attached hydrogen (secondary N) is 2. The van der Waals surface area contributed by atoms with E-state index in [1.165, 1.54) is 38.5 Å². The van der Waals surface area contributed by atoms with E-state index in [9.17, 15) is 30.6 Å². The van der Waals surface area contributed by atoms with E-state index in [0.29, 0.717) is 145 Å². The Labute approximate surface area is 864 Å². The molecule has 4 aromatic carbocycles. The number of nitriles is 4. The fraction of sp³-hybridized carbons (Fsp3) is 0.500. The van der Waals surface area contributed by atoms with Crippen molar-refractivity contribution < 1.29 is 19.8 Å². The van der Waals surface area contributed by atoms with Gasteiger partial charge in [0.2, 0.25) is 11.8 Å². The number of anilines is 4. The topological polar surface area (TPSA) is 394 Å². The zero-order valence-electron chi connectivity index (χ0n) is 80.0. The van der Waals surface area contributed by atoms with Crippen LogP contribution in [0.4, 0.5) is 23.3 Å². The van der Waals surface area contributed by atoms with Crippen molar-refractivity contribution in [1.82, 2.24) is 109 Å². The molecule has 0 aliphatic carbocycles. The van der Waals surface area contributed by atoms with Crippen molar-refractivity contribution in [3.63, 3.8) is 0 Å². The largest absolute Gasteiger partial charge is 0.396 e. The monoisotopic (exact) mass is 2080 g/mol. The standard InChI is InChI=1S/2C26H30Cl2N8O.2C24H27Cl2N7O/c2*1-16(21-6-5-20(27)10-22(21)28)36-26-25(23(11-29)33-36)31-12-24(32-26)35-14-19(15-35)18-4-3-8-34(13-18)9-7-30-17(2)37;2*1-15(19-4-3-18(25)9-20(19)26)33-24-23(21(10-27)30-33)28-11-22(29-24)32-13-17(14-32)16-5-7-31(12-16)6-2-8-34/h2*5-6,10,12,16,18-19H,3-4,7-9,13-15H2,1-2H3,(H,30,37);2*3-4,9,11,15-17,34H,2,5-8,12-14H2,1H3/t16-,18+;16-,18-;15-,16+;15-,16-/m1111/s1. The van der Waals surface area contributed by atoms with Crippen LogP contribution in [0.25, 0.3) is 44.7 Å². The van der Waals surface area contributed by atoms with Crippen molar-refractivity contribution in [2.45, 2.75) is 117 Å². The normalized spacial score (nSPS) is 19.7. The van der Waals surface area contributed by atoms with Gasteiger partial charge in [0.05, 0.1) is 49.0 Å². The van der Waals surface area contributed by atoms with Crippen LogP contribution in [0.1, 0.15) is 162 Å². The highest BCUT2D eigenvalue weighted by atomic mass is 35.5. The van der Waals surface area contributed by atoms with Crippen molar-refractivity contribution in [2.24, 2.45) is 47.3 Å². The van der Waals surface area contributed by atoms with E-state index in [-0.39, 0.29) is 72.0 Å². The number of amides is 2. The summed E-state index contributed by atoms with van der Waals surface area (Å²) in [4.78, 5) is 79.0. The molecule has 8 aliphatic heterocycles. The van der Waals surface area contributed by atoms with Crippen LogP contribution in [-0.2, 0) is 9.59 Å². The van der Waals surface area contributed by atoms with Crippen LogP contribution in [0.3, 0.4) is 0 Å². The van der Waals surface area contributed by atoms with E-state index >= 15 is 0 Å². The Kier molecular flexibility index (Phi) is 33.3. The van der Waals surface area contributed by atoms with Gasteiger partial charge in [-0.3, -0.25) is 9.59 Å². The fourth-order valence-electron chi connectivity index (χ4n) is 21.1. The van der Waals surface area contributed by atoms with Crippen molar-refractivity contribution in [3.05, 3.63) is 183 Å². The number of fused-ring (bicyclic) bond motifs is 4. The Morgan fingerprint density at radius 2 is 0.606 bits per heavy atom. The maximum absolute atomic E-state index is 11.2. The molecule has 8 aliphatic rings. The molecule has 8 aromatic heterocycles. The minimum Gasteiger partial charge on any atom is -0.396 e. The van der Waals surface area contributed by atoms with Crippen molar-refractivity contribution in [1.29, 1.82) is 21.0 Å². The summed E-state index contributed by atoms with van der Waals surface area (Å²) in [5.74, 6) is 8.39. The summed E-state index contributed by atoms with van der Waals surface area (Å²) in [6, 6.07) is 29.0. The number of carbonyl (C=O) groups excluding carboxylic acids is 2. The summed E-state index contributed by atoms with van der Waals surface area (Å²) in [7, 11) is 0. The van der Waals surface area contributed by atoms with Crippen molar-refractivity contribution in [2.75, 3.05) is 177 Å². The first kappa shape index (κ1) is 103. The predicted octanol–water partition coefficient (Wildman–Crippen LogP) is 15.3. The van der Waals surface area contributed by atoms with E-state index < -0.39 is 0 Å². The first-order valence-electron chi connectivity index (χ1n) is 48.6. The molecule has 42 heteroatoms. The average Bonchev–Trinajstić information content (AvgIpc) is 1.56. The van der Waals surface area contributed by atoms with Gasteiger partial charge in [0.25, 0.3) is 0 Å². The predicted molar refractivity (Wildman–Crippen MR) is 552 cm³/mol. The second kappa shape index (κ2) is 46.1. The lowest BCUT2D eigenvalue weighted by Crippen LogP contribution is -2.54. The fourth-order valence-corrected chi connectivity index (χ4v) is 23.4. The molecule has 0 radical (unpaired) electrons. The molecular weight excluding hydrogens is 1970 g/mol. The van der Waals surface area contributed by atoms with Crippen LogP contribution in [0.5, 0.6) is 0 Å². The molecule has 8 saturated heterocycles. The van der Waals surface area contributed by atoms with Crippen molar-refractivity contribution >= 4 is 173 Å². The summed E-state index contributed by atoms with van der Waals surface area (Å²) >= 11 is 50.1. The number of aliphatic hydroxyl groups is 2. The van der Waals surface area contributed by atoms with Gasteiger partial charge in [-0.25, -0.2) is 58.6 Å². The van der Waals surface area contributed by atoms with E-state index in [1.807, 2.05) is 52.0 Å². The molecule has 0 saturated carbocycles. The number of aromatic nitrogens is 16. The molecule has 0 bridgehead atoms. The Morgan fingerprint density at radius 1 is 0.359 bits per heavy atom. The number of piperidine rings is 2. The van der Waals surface area contributed by atoms with E-state index in [2.05, 4.69) is 114 Å². The van der Waals surface area contributed by atoms with Gasteiger partial charge >= 0.3 is 0 Å². The lowest BCUT2D eigenvalue weighted by atomic mass is 9.80. The Morgan fingerprint density at radius 3 is 0.838 bits per heavy atom. The minimum absolute atomic E-state index is 0.0233. The molecule has 8 atom stereocenters. The van der Waals surface area contributed by atoms with Crippen LogP contribution in [-0.4, -0.2) is 278 Å². The molecular formula is C100H114Cl8N30O4. The number of likely N-dealkylation sites (tertiary alicyclic amines) is 4. The van der Waals surface area contributed by atoms with Gasteiger partial charge in [0.1, 0.15) is 69.6 Å². The SMILES string of the molecule is CC(=O)NCCN1CCC[C@@H](C2CN(c3cnc4c(C#N)nn([C@H](C)c5ccc(Cl)cc5Cl)c4n3)C2)C1.CC(=O)NCCN1CCC[C@H](C2CN(c3cnc4c(C#N)nn([C@H](C)c5ccc(Cl)cc5Cl)c4n3)C2)C1.C[C@H](c1ccc(Cl)cc1Cl)n1nc(C#N)c2ncc(N3CC([C@@H]4CCN(CCCO)C4)C3)nc21.C[C@H](c1ccc(Cl)cc1Cl)n1nc(C#N)c2ncc(N3CC([C@H]4CCN(CCCO)C4)C3)nc21. The zero-order chi connectivity index (χ0) is 99.8. The van der Waals surface area contributed by atoms with Gasteiger partial charge in [-0.1, -0.05) is 117 Å².